The van der Waals surface area contributed by atoms with Gasteiger partial charge in [-0.2, -0.15) is 0 Å². The first-order valence-corrected chi connectivity index (χ1v) is 7.18. The minimum absolute atomic E-state index is 0.111. The molecule has 0 saturated carbocycles. The van der Waals surface area contributed by atoms with Crippen molar-refractivity contribution in [1.29, 1.82) is 0 Å². The van der Waals surface area contributed by atoms with Crippen LogP contribution in [0.3, 0.4) is 0 Å². The Bertz CT molecular complexity index is 565. The Morgan fingerprint density at radius 1 is 1.14 bits per heavy atom. The van der Waals surface area contributed by atoms with Gasteiger partial charge in [0.15, 0.2) is 0 Å². The van der Waals surface area contributed by atoms with Crippen molar-refractivity contribution in [2.45, 2.75) is 26.5 Å². The first-order valence-electron chi connectivity index (χ1n) is 7.18. The van der Waals surface area contributed by atoms with E-state index in [9.17, 15) is 0 Å². The van der Waals surface area contributed by atoms with Gasteiger partial charge in [-0.25, -0.2) is 4.98 Å². The molecule has 21 heavy (non-hydrogen) atoms. The third-order valence-electron chi connectivity index (χ3n) is 3.05. The minimum Gasteiger partial charge on any atom is -0.473 e. The Morgan fingerprint density at radius 3 is 2.48 bits per heavy atom. The molecule has 1 aromatic carbocycles. The fraction of sp³-hybridized carbons (Fsp3) is 0.353. The SMILES string of the molecule is CC(C)Oc1ncccc1NCc1ccc(N(C)C)cc1. The molecule has 0 radical (unpaired) electrons. The largest absolute Gasteiger partial charge is 0.473 e. The lowest BCUT2D eigenvalue weighted by atomic mass is 10.2. The van der Waals surface area contributed by atoms with E-state index in [0.717, 1.165) is 12.2 Å². The van der Waals surface area contributed by atoms with E-state index < -0.39 is 0 Å². The molecule has 2 rings (SSSR count). The molecule has 0 unspecified atom stereocenters. The molecule has 0 aliphatic rings. The second-order valence-corrected chi connectivity index (χ2v) is 5.44. The number of hydrogen-bond donors (Lipinski definition) is 1. The van der Waals surface area contributed by atoms with Crippen molar-refractivity contribution < 1.29 is 4.74 Å². The Labute approximate surface area is 126 Å². The number of benzene rings is 1. The van der Waals surface area contributed by atoms with Crippen LogP contribution in [-0.4, -0.2) is 25.2 Å². The Morgan fingerprint density at radius 2 is 1.86 bits per heavy atom. The van der Waals surface area contributed by atoms with Gasteiger partial charge in [-0.1, -0.05) is 12.1 Å². The highest BCUT2D eigenvalue weighted by Crippen LogP contribution is 2.22. The maximum absolute atomic E-state index is 5.70. The molecule has 0 spiro atoms. The topological polar surface area (TPSA) is 37.4 Å². The number of nitrogens with zero attached hydrogens (tertiary/aromatic N) is 2. The number of anilines is 2. The van der Waals surface area contributed by atoms with Crippen LogP contribution in [0.15, 0.2) is 42.6 Å². The van der Waals surface area contributed by atoms with Gasteiger partial charge in [-0.05, 0) is 43.7 Å². The molecule has 0 atom stereocenters. The van der Waals surface area contributed by atoms with Crippen molar-refractivity contribution in [3.05, 3.63) is 48.2 Å². The average Bonchev–Trinajstić information content (AvgIpc) is 2.46. The van der Waals surface area contributed by atoms with Crippen molar-refractivity contribution in [2.75, 3.05) is 24.3 Å². The van der Waals surface area contributed by atoms with Gasteiger partial charge in [0.1, 0.15) is 0 Å². The van der Waals surface area contributed by atoms with E-state index in [2.05, 4.69) is 39.5 Å². The number of ether oxygens (including phenoxy) is 1. The molecule has 2 aromatic rings. The van der Waals surface area contributed by atoms with Gasteiger partial charge >= 0.3 is 0 Å². The predicted molar refractivity (Wildman–Crippen MR) is 88.1 cm³/mol. The van der Waals surface area contributed by atoms with Crippen molar-refractivity contribution >= 4 is 11.4 Å². The van der Waals surface area contributed by atoms with E-state index in [1.807, 2.05) is 40.1 Å². The van der Waals surface area contributed by atoms with E-state index in [0.29, 0.717) is 5.88 Å². The highest BCUT2D eigenvalue weighted by Gasteiger charge is 2.06. The normalized spacial score (nSPS) is 10.5. The van der Waals surface area contributed by atoms with Crippen LogP contribution in [0.4, 0.5) is 11.4 Å². The van der Waals surface area contributed by atoms with Gasteiger partial charge in [0, 0.05) is 32.5 Å². The first-order chi connectivity index (χ1) is 10.1. The summed E-state index contributed by atoms with van der Waals surface area (Å²) in [5, 5.41) is 3.38. The van der Waals surface area contributed by atoms with Crippen LogP contribution in [0.25, 0.3) is 0 Å². The van der Waals surface area contributed by atoms with E-state index in [1.54, 1.807) is 6.20 Å². The summed E-state index contributed by atoms with van der Waals surface area (Å²) in [5.74, 6) is 0.650. The molecule has 4 heteroatoms. The van der Waals surface area contributed by atoms with Crippen molar-refractivity contribution in [3.63, 3.8) is 0 Å². The summed E-state index contributed by atoms with van der Waals surface area (Å²) < 4.78 is 5.70. The lowest BCUT2D eigenvalue weighted by Crippen LogP contribution is -2.10. The second kappa shape index (κ2) is 6.97. The number of rotatable bonds is 6. The molecule has 1 aromatic heterocycles. The quantitative estimate of drug-likeness (QED) is 0.881. The van der Waals surface area contributed by atoms with E-state index in [-0.39, 0.29) is 6.10 Å². The minimum atomic E-state index is 0.111. The molecule has 1 N–H and O–H groups in total. The Balaban J connectivity index is 2.02. The van der Waals surface area contributed by atoms with Crippen LogP contribution < -0.4 is 15.0 Å². The van der Waals surface area contributed by atoms with Gasteiger partial charge in [0.2, 0.25) is 5.88 Å². The first kappa shape index (κ1) is 15.2. The summed E-state index contributed by atoms with van der Waals surface area (Å²) in [6, 6.07) is 12.4. The van der Waals surface area contributed by atoms with Gasteiger partial charge in [-0.15, -0.1) is 0 Å². The summed E-state index contributed by atoms with van der Waals surface area (Å²) >= 11 is 0. The molecular weight excluding hydrogens is 262 g/mol. The lowest BCUT2D eigenvalue weighted by molar-refractivity contribution is 0.234. The standard InChI is InChI=1S/C17H23N3O/c1-13(2)21-17-16(6-5-11-18-17)19-12-14-7-9-15(10-8-14)20(3)4/h5-11,13,19H,12H2,1-4H3. The fourth-order valence-corrected chi connectivity index (χ4v) is 1.95. The number of aromatic nitrogens is 1. The molecule has 0 fully saturated rings. The van der Waals surface area contributed by atoms with Crippen LogP contribution in [-0.2, 0) is 6.54 Å². The van der Waals surface area contributed by atoms with Gasteiger partial charge in [0.05, 0.1) is 11.8 Å². The highest BCUT2D eigenvalue weighted by atomic mass is 16.5. The van der Waals surface area contributed by atoms with Crippen LogP contribution >= 0.6 is 0 Å². The van der Waals surface area contributed by atoms with Gasteiger partial charge < -0.3 is 15.0 Å². The average molecular weight is 285 g/mol. The number of hydrogen-bond acceptors (Lipinski definition) is 4. The number of pyridine rings is 1. The maximum Gasteiger partial charge on any atom is 0.237 e. The van der Waals surface area contributed by atoms with Gasteiger partial charge in [0.25, 0.3) is 0 Å². The molecule has 0 aliphatic heterocycles. The van der Waals surface area contributed by atoms with Gasteiger partial charge in [-0.3, -0.25) is 0 Å². The summed E-state index contributed by atoms with van der Waals surface area (Å²) in [6.07, 6.45) is 1.86. The molecule has 0 aliphatic carbocycles. The molecule has 0 bridgehead atoms. The van der Waals surface area contributed by atoms with Crippen molar-refractivity contribution in [3.8, 4) is 5.88 Å². The van der Waals surface area contributed by atoms with Crippen LogP contribution in [0.2, 0.25) is 0 Å². The third-order valence-corrected chi connectivity index (χ3v) is 3.05. The summed E-state index contributed by atoms with van der Waals surface area (Å²) in [7, 11) is 4.08. The molecular formula is C17H23N3O. The zero-order valence-electron chi connectivity index (χ0n) is 13.1. The van der Waals surface area contributed by atoms with E-state index in [4.69, 9.17) is 4.74 Å². The van der Waals surface area contributed by atoms with Crippen LogP contribution in [0.5, 0.6) is 5.88 Å². The Hall–Kier alpha value is -2.23. The number of nitrogens with one attached hydrogen (secondary N) is 1. The molecule has 112 valence electrons. The molecule has 4 nitrogen and oxygen atoms in total. The fourth-order valence-electron chi connectivity index (χ4n) is 1.95. The zero-order valence-corrected chi connectivity index (χ0v) is 13.1. The summed E-state index contributed by atoms with van der Waals surface area (Å²) in [5.41, 5.74) is 3.34. The van der Waals surface area contributed by atoms with Crippen LogP contribution in [0, 0.1) is 0 Å². The highest BCUT2D eigenvalue weighted by molar-refractivity contribution is 5.53. The van der Waals surface area contributed by atoms with Crippen molar-refractivity contribution in [1.82, 2.24) is 4.98 Å². The molecule has 1 heterocycles. The summed E-state index contributed by atoms with van der Waals surface area (Å²) in [6.45, 7) is 4.74. The monoisotopic (exact) mass is 285 g/mol. The summed E-state index contributed by atoms with van der Waals surface area (Å²) in [4.78, 5) is 6.37. The lowest BCUT2D eigenvalue weighted by Gasteiger charge is -2.15. The molecule has 0 amide bonds. The van der Waals surface area contributed by atoms with E-state index in [1.165, 1.54) is 11.3 Å². The zero-order chi connectivity index (χ0) is 15.2. The maximum atomic E-state index is 5.70. The van der Waals surface area contributed by atoms with Crippen LogP contribution in [0.1, 0.15) is 19.4 Å². The molecule has 0 saturated heterocycles. The Kier molecular flexibility index (Phi) is 5.04. The predicted octanol–water partition coefficient (Wildman–Crippen LogP) is 3.55. The third kappa shape index (κ3) is 4.38. The van der Waals surface area contributed by atoms with E-state index >= 15 is 0 Å². The smallest absolute Gasteiger partial charge is 0.237 e. The van der Waals surface area contributed by atoms with Crippen molar-refractivity contribution in [2.24, 2.45) is 0 Å². The second-order valence-electron chi connectivity index (χ2n) is 5.44.